The Morgan fingerprint density at radius 1 is 1.26 bits per heavy atom. The van der Waals surface area contributed by atoms with Crippen LogP contribution < -0.4 is 15.0 Å². The van der Waals surface area contributed by atoms with E-state index < -0.39 is 0 Å². The summed E-state index contributed by atoms with van der Waals surface area (Å²) in [6.07, 6.45) is 0.0401. The highest BCUT2D eigenvalue weighted by Gasteiger charge is 2.25. The first-order valence-electron chi connectivity index (χ1n) is 9.52. The fourth-order valence-electron chi connectivity index (χ4n) is 3.49. The molecule has 0 aliphatic carbocycles. The second-order valence-electron chi connectivity index (χ2n) is 7.31. The fraction of sp³-hybridized carbons (Fsp3) is 0.409. The van der Waals surface area contributed by atoms with Crippen molar-refractivity contribution in [1.82, 2.24) is 4.90 Å². The van der Waals surface area contributed by atoms with Gasteiger partial charge in [-0.25, -0.2) is 0 Å². The molecule has 1 N–H and O–H groups in total. The molecule has 2 aromatic rings. The van der Waals surface area contributed by atoms with E-state index in [1.54, 1.807) is 0 Å². The van der Waals surface area contributed by atoms with Crippen LogP contribution >= 0.6 is 0 Å². The standard InChI is InChI=1S/C22H29N3O2/c1-5-25-14-18(27-21-9-7-6-8-20(21)25)13-24(4)15-22(26)23-19-12-16(2)10-11-17(19)3/h6-12,18H,5,13-15H2,1-4H3,(H,23,26). The van der Waals surface area contributed by atoms with Crippen LogP contribution in [0.25, 0.3) is 0 Å². The van der Waals surface area contributed by atoms with Crippen molar-refractivity contribution in [3.63, 3.8) is 0 Å². The summed E-state index contributed by atoms with van der Waals surface area (Å²) in [4.78, 5) is 16.8. The number of ether oxygens (including phenoxy) is 1. The van der Waals surface area contributed by atoms with Crippen molar-refractivity contribution in [2.24, 2.45) is 0 Å². The molecule has 1 atom stereocenters. The number of anilines is 2. The molecule has 1 amide bonds. The van der Waals surface area contributed by atoms with Gasteiger partial charge in [-0.2, -0.15) is 0 Å². The first-order valence-corrected chi connectivity index (χ1v) is 9.52. The number of likely N-dealkylation sites (N-methyl/N-ethyl adjacent to an activating group) is 2. The molecule has 5 nitrogen and oxygen atoms in total. The van der Waals surface area contributed by atoms with E-state index in [-0.39, 0.29) is 12.0 Å². The maximum Gasteiger partial charge on any atom is 0.238 e. The molecule has 0 saturated carbocycles. The number of benzene rings is 2. The zero-order valence-corrected chi connectivity index (χ0v) is 16.7. The predicted octanol–water partition coefficient (Wildman–Crippen LogP) is 3.46. The maximum absolute atomic E-state index is 12.4. The normalized spacial score (nSPS) is 16.0. The number of nitrogens with one attached hydrogen (secondary N) is 1. The van der Waals surface area contributed by atoms with Crippen LogP contribution in [0.2, 0.25) is 0 Å². The number of carbonyl (C=O) groups excluding carboxylic acids is 1. The number of hydrogen-bond acceptors (Lipinski definition) is 4. The Morgan fingerprint density at radius 3 is 2.81 bits per heavy atom. The smallest absolute Gasteiger partial charge is 0.238 e. The molecular formula is C22H29N3O2. The Labute approximate surface area is 161 Å². The average Bonchev–Trinajstić information content (AvgIpc) is 2.63. The summed E-state index contributed by atoms with van der Waals surface area (Å²) in [6, 6.07) is 14.2. The molecule has 144 valence electrons. The Balaban J connectivity index is 1.57. The lowest BCUT2D eigenvalue weighted by atomic mass is 10.1. The monoisotopic (exact) mass is 367 g/mol. The number of rotatable bonds is 6. The van der Waals surface area contributed by atoms with E-state index in [9.17, 15) is 4.79 Å². The lowest BCUT2D eigenvalue weighted by Crippen LogP contribution is -2.46. The van der Waals surface area contributed by atoms with Crippen LogP contribution in [0, 0.1) is 13.8 Å². The van der Waals surface area contributed by atoms with Crippen LogP contribution in [0.5, 0.6) is 5.75 Å². The van der Waals surface area contributed by atoms with Gasteiger partial charge in [0.25, 0.3) is 0 Å². The van der Waals surface area contributed by atoms with Crippen LogP contribution in [0.3, 0.4) is 0 Å². The Bertz CT molecular complexity index is 806. The quantitative estimate of drug-likeness (QED) is 0.849. The summed E-state index contributed by atoms with van der Waals surface area (Å²) >= 11 is 0. The number of carbonyl (C=O) groups is 1. The molecule has 5 heteroatoms. The second kappa shape index (κ2) is 8.44. The van der Waals surface area contributed by atoms with Gasteiger partial charge in [0.05, 0.1) is 18.8 Å². The first-order chi connectivity index (χ1) is 13.0. The molecule has 1 heterocycles. The van der Waals surface area contributed by atoms with Crippen molar-refractivity contribution in [1.29, 1.82) is 0 Å². The molecule has 27 heavy (non-hydrogen) atoms. The van der Waals surface area contributed by atoms with E-state index in [4.69, 9.17) is 4.74 Å². The van der Waals surface area contributed by atoms with Crippen LogP contribution in [-0.4, -0.2) is 50.1 Å². The van der Waals surface area contributed by atoms with Gasteiger partial charge in [-0.3, -0.25) is 9.69 Å². The highest BCUT2D eigenvalue weighted by molar-refractivity contribution is 5.93. The number of hydrogen-bond donors (Lipinski definition) is 1. The van der Waals surface area contributed by atoms with Gasteiger partial charge in [0.1, 0.15) is 11.9 Å². The SMILES string of the molecule is CCN1CC(CN(C)CC(=O)Nc2cc(C)ccc2C)Oc2ccccc21. The van der Waals surface area contributed by atoms with Crippen LogP contribution in [0.1, 0.15) is 18.1 Å². The van der Waals surface area contributed by atoms with Crippen LogP contribution in [0.15, 0.2) is 42.5 Å². The van der Waals surface area contributed by atoms with Gasteiger partial charge in [-0.1, -0.05) is 24.3 Å². The zero-order chi connectivity index (χ0) is 19.4. The van der Waals surface area contributed by atoms with E-state index in [2.05, 4.69) is 29.3 Å². The molecule has 1 unspecified atom stereocenters. The molecule has 0 fully saturated rings. The first kappa shape index (κ1) is 19.2. The van der Waals surface area contributed by atoms with Crippen molar-refractivity contribution in [3.8, 4) is 5.75 Å². The number of fused-ring (bicyclic) bond motifs is 1. The molecular weight excluding hydrogens is 338 g/mol. The summed E-state index contributed by atoms with van der Waals surface area (Å²) in [5.41, 5.74) is 4.24. The van der Waals surface area contributed by atoms with Gasteiger partial charge < -0.3 is 15.0 Å². The minimum absolute atomic E-state index is 0.00485. The van der Waals surface area contributed by atoms with Gasteiger partial charge in [0.15, 0.2) is 0 Å². The number of nitrogens with zero attached hydrogens (tertiary/aromatic N) is 2. The van der Waals surface area contributed by atoms with Crippen molar-refractivity contribution < 1.29 is 9.53 Å². The topological polar surface area (TPSA) is 44.8 Å². The fourth-order valence-corrected chi connectivity index (χ4v) is 3.49. The molecule has 0 radical (unpaired) electrons. The third kappa shape index (κ3) is 4.80. The molecule has 1 aliphatic rings. The summed E-state index contributed by atoms with van der Waals surface area (Å²) < 4.78 is 6.15. The Morgan fingerprint density at radius 2 is 2.04 bits per heavy atom. The molecule has 0 aromatic heterocycles. The van der Waals surface area contributed by atoms with Crippen molar-refractivity contribution in [2.45, 2.75) is 26.9 Å². The molecule has 0 bridgehead atoms. The van der Waals surface area contributed by atoms with Gasteiger partial charge in [0, 0.05) is 18.8 Å². The molecule has 0 saturated heterocycles. The maximum atomic E-state index is 12.4. The Hall–Kier alpha value is -2.53. The average molecular weight is 367 g/mol. The summed E-state index contributed by atoms with van der Waals surface area (Å²) in [7, 11) is 1.96. The predicted molar refractivity (Wildman–Crippen MR) is 111 cm³/mol. The van der Waals surface area contributed by atoms with Gasteiger partial charge in [0.2, 0.25) is 5.91 Å². The van der Waals surface area contributed by atoms with Crippen molar-refractivity contribution >= 4 is 17.3 Å². The van der Waals surface area contributed by atoms with Gasteiger partial charge in [-0.15, -0.1) is 0 Å². The lowest BCUT2D eigenvalue weighted by molar-refractivity contribution is -0.117. The van der Waals surface area contributed by atoms with E-state index in [1.165, 1.54) is 0 Å². The van der Waals surface area contributed by atoms with E-state index >= 15 is 0 Å². The zero-order valence-electron chi connectivity index (χ0n) is 16.7. The minimum Gasteiger partial charge on any atom is -0.485 e. The summed E-state index contributed by atoms with van der Waals surface area (Å²) in [5, 5.41) is 3.02. The van der Waals surface area contributed by atoms with Gasteiger partial charge in [-0.05, 0) is 57.1 Å². The second-order valence-corrected chi connectivity index (χ2v) is 7.31. The van der Waals surface area contributed by atoms with Crippen LogP contribution in [0.4, 0.5) is 11.4 Å². The highest BCUT2D eigenvalue weighted by atomic mass is 16.5. The van der Waals surface area contributed by atoms with E-state index in [0.29, 0.717) is 13.1 Å². The molecule has 2 aromatic carbocycles. The Kier molecular flexibility index (Phi) is 6.01. The number of amides is 1. The number of aryl methyl sites for hydroxylation is 2. The number of para-hydroxylation sites is 2. The summed E-state index contributed by atoms with van der Waals surface area (Å²) in [6.45, 7) is 8.99. The van der Waals surface area contributed by atoms with E-state index in [1.807, 2.05) is 56.1 Å². The largest absolute Gasteiger partial charge is 0.485 e. The molecule has 0 spiro atoms. The van der Waals surface area contributed by atoms with Gasteiger partial charge >= 0.3 is 0 Å². The van der Waals surface area contributed by atoms with Crippen LogP contribution in [-0.2, 0) is 4.79 Å². The third-order valence-electron chi connectivity index (χ3n) is 4.90. The minimum atomic E-state index is -0.00485. The molecule has 3 rings (SSSR count). The third-order valence-corrected chi connectivity index (χ3v) is 4.90. The molecule has 1 aliphatic heterocycles. The van der Waals surface area contributed by atoms with Crippen molar-refractivity contribution in [2.75, 3.05) is 43.4 Å². The highest BCUT2D eigenvalue weighted by Crippen LogP contribution is 2.32. The lowest BCUT2D eigenvalue weighted by Gasteiger charge is -2.37. The van der Waals surface area contributed by atoms with Crippen molar-refractivity contribution in [3.05, 3.63) is 53.6 Å². The summed E-state index contributed by atoms with van der Waals surface area (Å²) in [5.74, 6) is 0.915. The van der Waals surface area contributed by atoms with E-state index in [0.717, 1.165) is 41.3 Å².